The minimum absolute atomic E-state index is 0.0167. The zero-order valence-electron chi connectivity index (χ0n) is 31.8. The summed E-state index contributed by atoms with van der Waals surface area (Å²) in [6.45, 7) is 18.9. The van der Waals surface area contributed by atoms with Gasteiger partial charge in [-0.3, -0.25) is 4.57 Å². The fourth-order valence-electron chi connectivity index (χ4n) is 6.28. The highest BCUT2D eigenvalue weighted by molar-refractivity contribution is 7.91. The van der Waals surface area contributed by atoms with Gasteiger partial charge in [-0.2, -0.15) is 0 Å². The minimum Gasteiger partial charge on any atom is -0.470 e. The van der Waals surface area contributed by atoms with Gasteiger partial charge < -0.3 is 23.4 Å². The van der Waals surface area contributed by atoms with Gasteiger partial charge in [-0.1, -0.05) is 52.5 Å². The van der Waals surface area contributed by atoms with E-state index in [9.17, 15) is 4.21 Å². The Kier molecular flexibility index (Phi) is 10.9. The molecule has 2 aromatic carbocycles. The molecule has 2 saturated heterocycles. The number of halogens is 3. The Balaban J connectivity index is 1.30. The number of hydrogen-bond donors (Lipinski definition) is 1. The van der Waals surface area contributed by atoms with Gasteiger partial charge in [0.05, 0.1) is 45.6 Å². The molecule has 4 aromatic rings. The Labute approximate surface area is 312 Å². The largest absolute Gasteiger partial charge is 0.470 e. The molecule has 5 atom stereocenters. The van der Waals surface area contributed by atoms with Gasteiger partial charge in [-0.05, 0) is 59.6 Å². The summed E-state index contributed by atoms with van der Waals surface area (Å²) in [4.78, 5) is 4.73. The van der Waals surface area contributed by atoms with Crippen LogP contribution in [0.5, 0.6) is 5.88 Å². The fraction of sp³-hybridized carbons (Fsp3) is 0.500. The lowest BCUT2D eigenvalue weighted by Gasteiger charge is -2.39. The summed E-state index contributed by atoms with van der Waals surface area (Å²) in [5.41, 5.74) is 0.172. The van der Waals surface area contributed by atoms with E-state index in [1.807, 2.05) is 0 Å². The normalized spacial score (nSPS) is 22.0. The molecule has 0 bridgehead atoms. The monoisotopic (exact) mass is 789 g/mol. The highest BCUT2D eigenvalue weighted by Crippen LogP contribution is 2.41. The van der Waals surface area contributed by atoms with Gasteiger partial charge in [0, 0.05) is 38.0 Å². The van der Waals surface area contributed by atoms with Crippen LogP contribution < -0.4 is 4.74 Å². The number of pyridine rings is 1. The van der Waals surface area contributed by atoms with Crippen molar-refractivity contribution in [3.63, 3.8) is 0 Å². The molecule has 15 heteroatoms. The Morgan fingerprint density at radius 3 is 2.09 bits per heavy atom. The summed E-state index contributed by atoms with van der Waals surface area (Å²) in [6.07, 6.45) is -0.121. The highest BCUT2D eigenvalue weighted by Gasteiger charge is 2.52. The van der Waals surface area contributed by atoms with Crippen LogP contribution in [0.2, 0.25) is 43.8 Å². The molecule has 2 fully saturated rings. The van der Waals surface area contributed by atoms with E-state index in [2.05, 4.69) is 58.5 Å². The van der Waals surface area contributed by atoms with Crippen molar-refractivity contribution in [2.45, 2.75) is 101 Å². The summed E-state index contributed by atoms with van der Waals surface area (Å²) in [6, 6.07) is 12.0. The van der Waals surface area contributed by atoms with Crippen LogP contribution in [0.1, 0.15) is 20.8 Å². The maximum Gasteiger partial charge on any atom is 0.198 e. The van der Waals surface area contributed by atoms with Crippen molar-refractivity contribution in [1.82, 2.24) is 9.55 Å². The number of fused-ring (bicyclic) bond motifs is 2. The summed E-state index contributed by atoms with van der Waals surface area (Å²) >= 11 is 0. The molecule has 2 aliphatic rings. The average molecular weight is 790 g/mol. The molecule has 2 aliphatic heterocycles. The predicted molar refractivity (Wildman–Crippen MR) is 206 cm³/mol. The lowest BCUT2D eigenvalue weighted by Crippen LogP contribution is -2.47. The number of benzene rings is 2. The Hall–Kier alpha value is -3.06. The summed E-state index contributed by atoms with van der Waals surface area (Å²) in [5, 5.41) is 0.0167. The maximum atomic E-state index is 15.9. The second-order valence-corrected chi connectivity index (χ2v) is 29.4. The molecule has 0 amide bonds. The number of hydrogen-bond acceptors (Lipinski definition) is 8. The van der Waals surface area contributed by atoms with E-state index in [4.69, 9.17) is 28.2 Å². The Bertz CT molecular complexity index is 2080. The summed E-state index contributed by atoms with van der Waals surface area (Å²) < 4.78 is 101. The van der Waals surface area contributed by atoms with Crippen molar-refractivity contribution in [3.8, 4) is 28.3 Å². The van der Waals surface area contributed by atoms with Gasteiger partial charge in [0.2, 0.25) is 0 Å². The molecule has 0 radical (unpaired) electrons. The van der Waals surface area contributed by atoms with Crippen molar-refractivity contribution >= 4 is 37.2 Å². The molecule has 9 nitrogen and oxygen atoms in total. The lowest BCUT2D eigenvalue weighted by molar-refractivity contribution is 0.00859. The zero-order valence-corrected chi connectivity index (χ0v) is 34.7. The molecule has 53 heavy (non-hydrogen) atoms. The minimum atomic E-state index is -2.95. The van der Waals surface area contributed by atoms with Crippen LogP contribution in [-0.4, -0.2) is 80.6 Å². The third-order valence-electron chi connectivity index (χ3n) is 10.4. The summed E-state index contributed by atoms with van der Waals surface area (Å²) in [7, 11) is -6.45. The van der Waals surface area contributed by atoms with Gasteiger partial charge >= 0.3 is 0 Å². The molecular formula is C38H50F3N3O6SSi2. The van der Waals surface area contributed by atoms with E-state index in [0.717, 1.165) is 18.2 Å². The third kappa shape index (κ3) is 8.46. The number of aromatic nitrogens is 2. The van der Waals surface area contributed by atoms with Crippen molar-refractivity contribution in [2.24, 2.45) is 0 Å². The Morgan fingerprint density at radius 2 is 1.51 bits per heavy atom. The molecule has 0 saturated carbocycles. The van der Waals surface area contributed by atoms with Crippen LogP contribution in [0, 0.1) is 22.2 Å². The lowest BCUT2D eigenvalue weighted by atomic mass is 10.0. The third-order valence-corrected chi connectivity index (χ3v) is 17.8. The van der Waals surface area contributed by atoms with Crippen molar-refractivity contribution in [2.75, 3.05) is 26.1 Å². The number of nitrogens with zero attached hydrogens (tertiary/aromatic N) is 2. The summed E-state index contributed by atoms with van der Waals surface area (Å²) in [5.74, 6) is -2.57. The quantitative estimate of drug-likeness (QED) is 0.113. The molecule has 6 rings (SSSR count). The second kappa shape index (κ2) is 14.5. The molecule has 288 valence electrons. The van der Waals surface area contributed by atoms with E-state index in [0.29, 0.717) is 35.1 Å². The fourth-order valence-corrected chi connectivity index (χ4v) is 9.01. The zero-order chi connectivity index (χ0) is 38.7. The molecule has 2 aromatic heterocycles. The van der Waals surface area contributed by atoms with E-state index in [1.165, 1.54) is 36.6 Å². The standard InChI is InChI=1S/C38H50F3N3O6SSi2/c1-38(2,3)53(8,9)50-32-21-48-36-31(20-47-37(32)36)49-33-19-29-30(44(33)22-46-14-15-52(5,6)7)18-28(41)35(43-29)34-26(39)16-24(17-27(34)40)23-10-12-25(13-11-23)51(4,42)45/h10-13,16-19,31-32,36-37,42H,14-15,20-22H2,1-9H3/t31-,32?,36-,37-,51?/m1/s1. The smallest absolute Gasteiger partial charge is 0.198 e. The van der Waals surface area contributed by atoms with E-state index in [1.54, 1.807) is 10.6 Å². The molecule has 0 aliphatic carbocycles. The van der Waals surface area contributed by atoms with Crippen LogP contribution >= 0.6 is 0 Å². The first-order valence-electron chi connectivity index (χ1n) is 17.8. The first-order valence-corrected chi connectivity index (χ1v) is 26.4. The molecular weight excluding hydrogens is 740 g/mol. The average Bonchev–Trinajstić information content (AvgIpc) is 3.72. The molecule has 2 unspecified atom stereocenters. The van der Waals surface area contributed by atoms with Crippen LogP contribution in [0.15, 0.2) is 53.4 Å². The van der Waals surface area contributed by atoms with Crippen LogP contribution in [-0.2, 0) is 35.1 Å². The van der Waals surface area contributed by atoms with Crippen molar-refractivity contribution in [1.29, 1.82) is 4.78 Å². The molecule has 4 heterocycles. The van der Waals surface area contributed by atoms with E-state index < -0.39 is 60.9 Å². The van der Waals surface area contributed by atoms with Gasteiger partial charge in [0.1, 0.15) is 36.3 Å². The van der Waals surface area contributed by atoms with Gasteiger partial charge in [0.15, 0.2) is 26.1 Å². The SMILES string of the molecule is CC(C)(C)[Si](C)(C)OC1CO[C@H]2[C@@H]1OC[C@H]2Oc1cc2nc(-c3c(F)cc(-c4ccc(S(C)(=N)=O)cc4)cc3F)c(F)cc2n1COCC[Si](C)(C)C. The van der Waals surface area contributed by atoms with Crippen LogP contribution in [0.3, 0.4) is 0 Å². The van der Waals surface area contributed by atoms with E-state index in [-0.39, 0.29) is 47.8 Å². The predicted octanol–water partition coefficient (Wildman–Crippen LogP) is 9.07. The maximum absolute atomic E-state index is 15.9. The number of rotatable bonds is 12. The topological polar surface area (TPSA) is 105 Å². The number of nitrogens with one attached hydrogen (secondary N) is 1. The second-order valence-electron chi connectivity index (χ2n) is 16.8. The van der Waals surface area contributed by atoms with Gasteiger partial charge in [-0.25, -0.2) is 27.1 Å². The van der Waals surface area contributed by atoms with Crippen LogP contribution in [0.4, 0.5) is 13.2 Å². The van der Waals surface area contributed by atoms with Gasteiger partial charge in [0.25, 0.3) is 0 Å². The first-order chi connectivity index (χ1) is 24.6. The van der Waals surface area contributed by atoms with Crippen molar-refractivity contribution < 1.29 is 40.8 Å². The van der Waals surface area contributed by atoms with Crippen LogP contribution in [0.25, 0.3) is 33.4 Å². The molecule has 0 spiro atoms. The molecule has 1 N–H and O–H groups in total. The number of ether oxygens (including phenoxy) is 4. The van der Waals surface area contributed by atoms with Gasteiger partial charge in [-0.15, -0.1) is 0 Å². The van der Waals surface area contributed by atoms with E-state index >= 15 is 13.2 Å². The van der Waals surface area contributed by atoms with Crippen molar-refractivity contribution in [3.05, 3.63) is 66.0 Å². The Morgan fingerprint density at radius 1 is 0.906 bits per heavy atom. The first kappa shape index (κ1) is 39.6. The highest BCUT2D eigenvalue weighted by atomic mass is 32.2.